The van der Waals surface area contributed by atoms with Crippen molar-refractivity contribution in [1.29, 1.82) is 0 Å². The minimum atomic E-state index is -1.14. The number of allylic oxidation sites excluding steroid dienone is 2. The molecule has 0 spiro atoms. The molecule has 14 heavy (non-hydrogen) atoms. The van der Waals surface area contributed by atoms with Crippen LogP contribution in [0.4, 0.5) is 0 Å². The van der Waals surface area contributed by atoms with Crippen molar-refractivity contribution in [1.82, 2.24) is 0 Å². The summed E-state index contributed by atoms with van der Waals surface area (Å²) < 4.78 is 4.88. The summed E-state index contributed by atoms with van der Waals surface area (Å²) in [5.41, 5.74) is -0.0795. The number of methoxy groups -OCH3 is 1. The number of carbonyl (C=O) groups is 1. The molecular formula is C9H12Cl2O3. The molecule has 80 valence electrons. The van der Waals surface area contributed by atoms with E-state index in [1.54, 1.807) is 13.8 Å². The lowest BCUT2D eigenvalue weighted by molar-refractivity contribution is -0.132. The maximum Gasteiger partial charge on any atom is 0.340 e. The summed E-state index contributed by atoms with van der Waals surface area (Å²) in [6.07, 6.45) is 0.417. The van der Waals surface area contributed by atoms with E-state index < -0.39 is 5.97 Å². The van der Waals surface area contributed by atoms with E-state index in [0.29, 0.717) is 6.42 Å². The van der Waals surface area contributed by atoms with Gasteiger partial charge < -0.3 is 9.84 Å². The summed E-state index contributed by atoms with van der Waals surface area (Å²) >= 11 is 11.5. The predicted octanol–water partition coefficient (Wildman–Crippen LogP) is 3.09. The molecular weight excluding hydrogens is 227 g/mol. The Morgan fingerprint density at radius 1 is 1.43 bits per heavy atom. The number of halogens is 2. The van der Waals surface area contributed by atoms with E-state index >= 15 is 0 Å². The zero-order chi connectivity index (χ0) is 11.3. The zero-order valence-electron chi connectivity index (χ0n) is 8.23. The van der Waals surface area contributed by atoms with Gasteiger partial charge in [-0.3, -0.25) is 0 Å². The van der Waals surface area contributed by atoms with Crippen molar-refractivity contribution in [2.24, 2.45) is 0 Å². The molecule has 0 aromatic carbocycles. The maximum atomic E-state index is 10.9. The van der Waals surface area contributed by atoms with Crippen molar-refractivity contribution < 1.29 is 14.6 Å². The Morgan fingerprint density at radius 2 is 1.93 bits per heavy atom. The fraction of sp³-hybridized carbons (Fsp3) is 0.444. The summed E-state index contributed by atoms with van der Waals surface area (Å²) in [7, 11) is 1.35. The number of carboxylic acids is 1. The van der Waals surface area contributed by atoms with Crippen LogP contribution in [-0.2, 0) is 9.53 Å². The number of hydrogen-bond acceptors (Lipinski definition) is 2. The standard InChI is InChI=1S/C9H12Cl2O3/c1-4-6(11)7(9(12)13)8(14-3)5(2)10/h4H2,1-3H3,(H,12,13). The number of ether oxygens (including phenoxy) is 1. The van der Waals surface area contributed by atoms with Crippen LogP contribution in [0.25, 0.3) is 0 Å². The first-order valence-electron chi connectivity index (χ1n) is 3.98. The molecule has 0 aromatic rings. The molecule has 0 fully saturated rings. The van der Waals surface area contributed by atoms with Crippen molar-refractivity contribution in [3.8, 4) is 0 Å². The Hall–Kier alpha value is -0.670. The third-order valence-corrected chi connectivity index (χ3v) is 2.17. The van der Waals surface area contributed by atoms with Crippen molar-refractivity contribution in [3.05, 3.63) is 21.4 Å². The van der Waals surface area contributed by atoms with Crippen LogP contribution in [0, 0.1) is 0 Å². The monoisotopic (exact) mass is 238 g/mol. The van der Waals surface area contributed by atoms with E-state index in [1.165, 1.54) is 7.11 Å². The first-order valence-corrected chi connectivity index (χ1v) is 4.73. The van der Waals surface area contributed by atoms with Crippen molar-refractivity contribution >= 4 is 29.2 Å². The number of rotatable bonds is 4. The molecule has 0 saturated carbocycles. The van der Waals surface area contributed by atoms with E-state index in [1.807, 2.05) is 0 Å². The second kappa shape index (κ2) is 5.94. The Kier molecular flexibility index (Phi) is 5.65. The molecule has 0 amide bonds. The van der Waals surface area contributed by atoms with Crippen LogP contribution in [0.15, 0.2) is 21.4 Å². The van der Waals surface area contributed by atoms with Crippen LogP contribution in [-0.4, -0.2) is 18.2 Å². The van der Waals surface area contributed by atoms with Gasteiger partial charge in [-0.2, -0.15) is 0 Å². The minimum absolute atomic E-state index is 0.0795. The highest BCUT2D eigenvalue weighted by Gasteiger charge is 2.19. The molecule has 0 aliphatic carbocycles. The fourth-order valence-electron chi connectivity index (χ4n) is 0.928. The van der Waals surface area contributed by atoms with Gasteiger partial charge in [0.15, 0.2) is 0 Å². The van der Waals surface area contributed by atoms with Gasteiger partial charge in [0.25, 0.3) is 0 Å². The van der Waals surface area contributed by atoms with Crippen molar-refractivity contribution in [2.45, 2.75) is 20.3 Å². The van der Waals surface area contributed by atoms with E-state index in [2.05, 4.69) is 0 Å². The minimum Gasteiger partial charge on any atom is -0.495 e. The molecule has 5 heteroatoms. The largest absolute Gasteiger partial charge is 0.495 e. The van der Waals surface area contributed by atoms with Gasteiger partial charge in [0.2, 0.25) is 0 Å². The highest BCUT2D eigenvalue weighted by Crippen LogP contribution is 2.25. The van der Waals surface area contributed by atoms with E-state index in [9.17, 15) is 4.79 Å². The molecule has 0 saturated heterocycles. The summed E-state index contributed by atoms with van der Waals surface area (Å²) in [5.74, 6) is -1.04. The van der Waals surface area contributed by atoms with E-state index in [4.69, 9.17) is 33.0 Å². The Balaban J connectivity index is 5.45. The molecule has 0 radical (unpaired) electrons. The van der Waals surface area contributed by atoms with Crippen LogP contribution in [0.2, 0.25) is 0 Å². The van der Waals surface area contributed by atoms with Crippen LogP contribution in [0.5, 0.6) is 0 Å². The van der Waals surface area contributed by atoms with Crippen molar-refractivity contribution in [3.63, 3.8) is 0 Å². The third-order valence-electron chi connectivity index (χ3n) is 1.54. The van der Waals surface area contributed by atoms with Gasteiger partial charge in [0.05, 0.1) is 12.1 Å². The molecule has 0 aliphatic heterocycles. The lowest BCUT2D eigenvalue weighted by atomic mass is 10.1. The van der Waals surface area contributed by atoms with Gasteiger partial charge in [0.1, 0.15) is 11.3 Å². The Labute approximate surface area is 93.0 Å². The summed E-state index contributed by atoms with van der Waals surface area (Å²) in [6, 6.07) is 0. The quantitative estimate of drug-likeness (QED) is 0.465. The molecule has 0 aliphatic rings. The maximum absolute atomic E-state index is 10.9. The van der Waals surface area contributed by atoms with Crippen LogP contribution >= 0.6 is 23.2 Å². The van der Waals surface area contributed by atoms with E-state index in [-0.39, 0.29) is 21.4 Å². The lowest BCUT2D eigenvalue weighted by Gasteiger charge is -2.09. The second-order valence-corrected chi connectivity index (χ2v) is 3.53. The van der Waals surface area contributed by atoms with Crippen LogP contribution in [0.1, 0.15) is 20.3 Å². The Bertz CT molecular complexity index is 288. The SMILES string of the molecule is CCC(Cl)=C(C(=O)O)C(OC)=C(C)Cl. The lowest BCUT2D eigenvalue weighted by Crippen LogP contribution is -2.08. The fourth-order valence-corrected chi connectivity index (χ4v) is 1.27. The average molecular weight is 239 g/mol. The molecule has 1 N–H and O–H groups in total. The summed E-state index contributed by atoms with van der Waals surface area (Å²) in [6.45, 7) is 3.30. The molecule has 3 nitrogen and oxygen atoms in total. The van der Waals surface area contributed by atoms with E-state index in [0.717, 1.165) is 0 Å². The first kappa shape index (κ1) is 13.3. The second-order valence-electron chi connectivity index (χ2n) is 2.51. The van der Waals surface area contributed by atoms with Gasteiger partial charge in [-0.1, -0.05) is 30.1 Å². The van der Waals surface area contributed by atoms with Gasteiger partial charge in [-0.05, 0) is 13.3 Å². The molecule has 0 heterocycles. The molecule has 0 rings (SSSR count). The number of hydrogen-bond donors (Lipinski definition) is 1. The average Bonchev–Trinajstić information content (AvgIpc) is 2.11. The molecule has 0 bridgehead atoms. The summed E-state index contributed by atoms with van der Waals surface area (Å²) in [4.78, 5) is 10.9. The smallest absolute Gasteiger partial charge is 0.340 e. The molecule has 0 unspecified atom stereocenters. The number of carboxylic acid groups (broad SMARTS) is 1. The topological polar surface area (TPSA) is 46.5 Å². The van der Waals surface area contributed by atoms with Crippen LogP contribution < -0.4 is 0 Å². The zero-order valence-corrected chi connectivity index (χ0v) is 9.74. The molecule has 0 atom stereocenters. The number of aliphatic carboxylic acids is 1. The van der Waals surface area contributed by atoms with Gasteiger partial charge in [-0.15, -0.1) is 0 Å². The van der Waals surface area contributed by atoms with Crippen LogP contribution in [0.3, 0.4) is 0 Å². The summed E-state index contributed by atoms with van der Waals surface area (Å²) in [5, 5.41) is 9.39. The molecule has 0 aromatic heterocycles. The van der Waals surface area contributed by atoms with Gasteiger partial charge in [-0.25, -0.2) is 4.79 Å². The highest BCUT2D eigenvalue weighted by atomic mass is 35.5. The van der Waals surface area contributed by atoms with Gasteiger partial charge >= 0.3 is 5.97 Å². The van der Waals surface area contributed by atoms with Gasteiger partial charge in [0, 0.05) is 5.03 Å². The van der Waals surface area contributed by atoms with Crippen molar-refractivity contribution in [2.75, 3.05) is 7.11 Å². The first-order chi connectivity index (χ1) is 6.45. The third kappa shape index (κ3) is 3.24. The highest BCUT2D eigenvalue weighted by molar-refractivity contribution is 6.33. The normalized spacial score (nSPS) is 14.4. The predicted molar refractivity (Wildman–Crippen MR) is 56.4 cm³/mol. The Morgan fingerprint density at radius 3 is 2.14 bits per heavy atom.